The maximum Gasteiger partial charge on any atom is 0.281 e. The van der Waals surface area contributed by atoms with Crippen molar-refractivity contribution in [3.05, 3.63) is 34.2 Å². The minimum atomic E-state index is -0.0864. The molecule has 3 rings (SSSR count). The summed E-state index contributed by atoms with van der Waals surface area (Å²) in [5.74, 6) is 0.422. The predicted octanol–water partition coefficient (Wildman–Crippen LogP) is 2.39. The van der Waals surface area contributed by atoms with Gasteiger partial charge in [-0.1, -0.05) is 32.0 Å². The molecule has 0 aliphatic carbocycles. The van der Waals surface area contributed by atoms with Gasteiger partial charge < -0.3 is 9.42 Å². The third kappa shape index (κ3) is 3.82. The van der Waals surface area contributed by atoms with E-state index in [1.54, 1.807) is 11.3 Å². The molecule has 0 saturated carbocycles. The standard InChI is InChI=1S/C17H23N3O2S/c1-17(2,3)14-10-16(22-19-14)18-15(21)11-20-8-4-6-12(20)13-7-5-9-23-13/h5,7,9-10,12H,4,6,8,11H2,1-3H3,(H,18,21)/p+1/t12-/m1/s1. The Morgan fingerprint density at radius 3 is 3.00 bits per heavy atom. The number of amides is 1. The van der Waals surface area contributed by atoms with E-state index in [0.29, 0.717) is 18.5 Å². The third-order valence-electron chi connectivity index (χ3n) is 4.30. The van der Waals surface area contributed by atoms with Crippen LogP contribution < -0.4 is 10.2 Å². The molecule has 1 aliphatic heterocycles. The maximum atomic E-state index is 12.3. The first-order chi connectivity index (χ1) is 10.9. The number of rotatable bonds is 4. The highest BCUT2D eigenvalue weighted by Crippen LogP contribution is 2.24. The van der Waals surface area contributed by atoms with E-state index in [9.17, 15) is 4.79 Å². The van der Waals surface area contributed by atoms with Crippen LogP contribution in [0.5, 0.6) is 0 Å². The summed E-state index contributed by atoms with van der Waals surface area (Å²) in [7, 11) is 0. The van der Waals surface area contributed by atoms with Gasteiger partial charge in [0.15, 0.2) is 6.54 Å². The van der Waals surface area contributed by atoms with Crippen molar-refractivity contribution in [1.29, 1.82) is 0 Å². The van der Waals surface area contributed by atoms with Crippen LogP contribution in [0.25, 0.3) is 0 Å². The average molecular weight is 334 g/mol. The van der Waals surface area contributed by atoms with Gasteiger partial charge >= 0.3 is 0 Å². The number of hydrogen-bond donors (Lipinski definition) is 2. The summed E-state index contributed by atoms with van der Waals surface area (Å²) >= 11 is 1.78. The van der Waals surface area contributed by atoms with E-state index in [2.05, 4.69) is 48.8 Å². The molecule has 6 heteroatoms. The SMILES string of the molecule is CC(C)(C)c1cc(NC(=O)C[NH+]2CCC[C@@H]2c2cccs2)on1. The van der Waals surface area contributed by atoms with Crippen molar-refractivity contribution in [2.45, 2.75) is 45.1 Å². The van der Waals surface area contributed by atoms with Crippen LogP contribution in [-0.4, -0.2) is 24.2 Å². The van der Waals surface area contributed by atoms with Crippen molar-refractivity contribution < 1.29 is 14.2 Å². The minimum absolute atomic E-state index is 0.0138. The summed E-state index contributed by atoms with van der Waals surface area (Å²) in [6, 6.07) is 6.51. The second-order valence-corrected chi connectivity index (χ2v) is 8.15. The Hall–Kier alpha value is -1.66. The van der Waals surface area contributed by atoms with Gasteiger partial charge in [0.2, 0.25) is 5.88 Å². The zero-order valence-corrected chi connectivity index (χ0v) is 14.7. The number of quaternary nitrogens is 1. The van der Waals surface area contributed by atoms with E-state index in [1.807, 2.05) is 6.07 Å². The Bertz CT molecular complexity index is 658. The van der Waals surface area contributed by atoms with Crippen molar-refractivity contribution in [1.82, 2.24) is 5.16 Å². The average Bonchev–Trinajstić information content (AvgIpc) is 3.17. The quantitative estimate of drug-likeness (QED) is 0.902. The molecule has 2 atom stereocenters. The molecule has 1 aliphatic rings. The normalized spacial score (nSPS) is 21.5. The first kappa shape index (κ1) is 16.2. The number of hydrogen-bond acceptors (Lipinski definition) is 4. The van der Waals surface area contributed by atoms with Crippen LogP contribution in [0.1, 0.15) is 50.2 Å². The van der Waals surface area contributed by atoms with E-state index in [4.69, 9.17) is 4.52 Å². The molecule has 3 heterocycles. The number of carbonyl (C=O) groups excluding carboxylic acids is 1. The van der Waals surface area contributed by atoms with Crippen molar-refractivity contribution >= 4 is 23.1 Å². The van der Waals surface area contributed by atoms with Crippen LogP contribution in [0.3, 0.4) is 0 Å². The highest BCUT2D eigenvalue weighted by molar-refractivity contribution is 7.10. The van der Waals surface area contributed by atoms with Gasteiger partial charge in [-0.05, 0) is 11.4 Å². The van der Waals surface area contributed by atoms with Gasteiger partial charge in [0.25, 0.3) is 5.91 Å². The molecule has 0 aromatic carbocycles. The summed E-state index contributed by atoms with van der Waals surface area (Å²) in [6.45, 7) is 7.71. The number of aromatic nitrogens is 1. The Labute approximate surface area is 140 Å². The van der Waals surface area contributed by atoms with Crippen molar-refractivity contribution in [3.63, 3.8) is 0 Å². The lowest BCUT2D eigenvalue weighted by Gasteiger charge is -2.19. The zero-order valence-electron chi connectivity index (χ0n) is 13.9. The van der Waals surface area contributed by atoms with E-state index in [0.717, 1.165) is 18.7 Å². The van der Waals surface area contributed by atoms with Crippen molar-refractivity contribution in [2.24, 2.45) is 0 Å². The van der Waals surface area contributed by atoms with Crippen LogP contribution in [0.2, 0.25) is 0 Å². The molecule has 5 nitrogen and oxygen atoms in total. The number of nitrogens with zero attached hydrogens (tertiary/aromatic N) is 1. The second kappa shape index (κ2) is 6.45. The molecule has 0 spiro atoms. The molecule has 23 heavy (non-hydrogen) atoms. The molecule has 2 N–H and O–H groups in total. The summed E-state index contributed by atoms with van der Waals surface area (Å²) in [4.78, 5) is 15.0. The van der Waals surface area contributed by atoms with E-state index < -0.39 is 0 Å². The van der Waals surface area contributed by atoms with Crippen LogP contribution in [0.4, 0.5) is 5.88 Å². The van der Waals surface area contributed by atoms with E-state index >= 15 is 0 Å². The highest BCUT2D eigenvalue weighted by atomic mass is 32.1. The summed E-state index contributed by atoms with van der Waals surface area (Å²) in [5, 5.41) is 8.98. The lowest BCUT2D eigenvalue weighted by atomic mass is 9.92. The van der Waals surface area contributed by atoms with Gasteiger partial charge in [0, 0.05) is 24.3 Å². The van der Waals surface area contributed by atoms with Crippen LogP contribution in [0.15, 0.2) is 28.1 Å². The second-order valence-electron chi connectivity index (χ2n) is 7.17. The molecular weight excluding hydrogens is 310 g/mol. The smallest absolute Gasteiger partial charge is 0.281 e. The van der Waals surface area contributed by atoms with Crippen molar-refractivity contribution in [3.8, 4) is 0 Å². The number of carbonyl (C=O) groups is 1. The number of anilines is 1. The van der Waals surface area contributed by atoms with E-state index in [1.165, 1.54) is 16.2 Å². The molecule has 1 saturated heterocycles. The third-order valence-corrected chi connectivity index (χ3v) is 5.28. The lowest BCUT2D eigenvalue weighted by Crippen LogP contribution is -3.11. The predicted molar refractivity (Wildman–Crippen MR) is 90.8 cm³/mol. The fraction of sp³-hybridized carbons (Fsp3) is 0.529. The van der Waals surface area contributed by atoms with Gasteiger partial charge in [-0.15, -0.1) is 11.3 Å². The topological polar surface area (TPSA) is 59.6 Å². The van der Waals surface area contributed by atoms with Gasteiger partial charge in [-0.2, -0.15) is 0 Å². The van der Waals surface area contributed by atoms with Crippen molar-refractivity contribution in [2.75, 3.05) is 18.4 Å². The molecular formula is C17H24N3O2S+. The van der Waals surface area contributed by atoms with Crippen LogP contribution in [-0.2, 0) is 10.2 Å². The molecule has 0 bridgehead atoms. The van der Waals surface area contributed by atoms with Crippen LogP contribution in [0, 0.1) is 0 Å². The fourth-order valence-electron chi connectivity index (χ4n) is 3.03. The van der Waals surface area contributed by atoms with Gasteiger partial charge in [0.05, 0.1) is 17.1 Å². The Morgan fingerprint density at radius 1 is 1.52 bits per heavy atom. The minimum Gasteiger partial charge on any atom is -0.338 e. The Morgan fingerprint density at radius 2 is 2.35 bits per heavy atom. The first-order valence-electron chi connectivity index (χ1n) is 8.08. The summed E-state index contributed by atoms with van der Waals surface area (Å²) < 4.78 is 5.24. The summed E-state index contributed by atoms with van der Waals surface area (Å²) in [5.41, 5.74) is 0.759. The highest BCUT2D eigenvalue weighted by Gasteiger charge is 2.32. The number of nitrogens with one attached hydrogen (secondary N) is 2. The van der Waals surface area contributed by atoms with Crippen LogP contribution >= 0.6 is 11.3 Å². The van der Waals surface area contributed by atoms with Gasteiger partial charge in [0.1, 0.15) is 6.04 Å². The summed E-state index contributed by atoms with van der Waals surface area (Å²) in [6.07, 6.45) is 2.32. The Balaban J connectivity index is 1.60. The fourth-order valence-corrected chi connectivity index (χ4v) is 3.95. The maximum absolute atomic E-state index is 12.3. The molecule has 1 unspecified atom stereocenters. The number of thiophene rings is 1. The molecule has 2 aromatic heterocycles. The lowest BCUT2D eigenvalue weighted by molar-refractivity contribution is -0.910. The molecule has 1 fully saturated rings. The molecule has 1 amide bonds. The molecule has 2 aromatic rings. The Kier molecular flexibility index (Phi) is 4.55. The van der Waals surface area contributed by atoms with Gasteiger partial charge in [-0.25, -0.2) is 0 Å². The van der Waals surface area contributed by atoms with Gasteiger partial charge in [-0.3, -0.25) is 10.1 Å². The molecule has 0 radical (unpaired) electrons. The largest absolute Gasteiger partial charge is 0.338 e. The zero-order chi connectivity index (χ0) is 16.4. The number of likely N-dealkylation sites (tertiary alicyclic amines) is 1. The molecule has 124 valence electrons. The monoisotopic (exact) mass is 334 g/mol. The first-order valence-corrected chi connectivity index (χ1v) is 8.96. The van der Waals surface area contributed by atoms with E-state index in [-0.39, 0.29) is 11.3 Å².